The molecule has 7 nitrogen and oxygen atoms in total. The Hall–Kier alpha value is -3.62. The number of rotatable bonds is 3. The molecule has 0 saturated heterocycles. The van der Waals surface area contributed by atoms with Crippen molar-refractivity contribution in [2.75, 3.05) is 5.73 Å². The van der Waals surface area contributed by atoms with Gasteiger partial charge in [-0.05, 0) is 48.5 Å². The minimum atomic E-state index is -0.372. The summed E-state index contributed by atoms with van der Waals surface area (Å²) in [6.45, 7) is 0. The van der Waals surface area contributed by atoms with Gasteiger partial charge in [0.25, 0.3) is 5.89 Å². The number of hydrogen-bond acceptors (Lipinski definition) is 6. The molecule has 0 bridgehead atoms. The van der Waals surface area contributed by atoms with Gasteiger partial charge in [-0.3, -0.25) is 0 Å². The summed E-state index contributed by atoms with van der Waals surface area (Å²) < 4.78 is 32.5. The van der Waals surface area contributed by atoms with Crippen molar-refractivity contribution in [3.05, 3.63) is 60.2 Å². The number of anilines is 1. The van der Waals surface area contributed by atoms with E-state index in [9.17, 15) is 8.78 Å². The highest BCUT2D eigenvalue weighted by atomic mass is 19.1. The zero-order valence-corrected chi connectivity index (χ0v) is 12.6. The molecule has 4 rings (SSSR count). The average Bonchev–Trinajstić information content (AvgIpc) is 3.23. The van der Waals surface area contributed by atoms with Gasteiger partial charge in [0.15, 0.2) is 11.5 Å². The number of nitrogen functional groups attached to an aromatic ring is 1. The largest absolute Gasteiger partial charge is 0.382 e. The van der Waals surface area contributed by atoms with Crippen LogP contribution in [0.2, 0.25) is 0 Å². The number of nitrogens with two attached hydrogens (primary N) is 1. The number of halogens is 2. The summed E-state index contributed by atoms with van der Waals surface area (Å²) in [5.41, 5.74) is 7.36. The van der Waals surface area contributed by atoms with Crippen LogP contribution in [-0.4, -0.2) is 25.1 Å². The summed E-state index contributed by atoms with van der Waals surface area (Å²) in [6, 6.07) is 11.3. The van der Waals surface area contributed by atoms with E-state index in [0.29, 0.717) is 11.3 Å². The predicted octanol–water partition coefficient (Wildman–Crippen LogP) is 2.84. The molecule has 2 aromatic heterocycles. The van der Waals surface area contributed by atoms with E-state index >= 15 is 0 Å². The van der Waals surface area contributed by atoms with Gasteiger partial charge in [-0.15, -0.1) is 5.10 Å². The van der Waals surface area contributed by atoms with Crippen LogP contribution < -0.4 is 5.73 Å². The summed E-state index contributed by atoms with van der Waals surface area (Å²) >= 11 is 0. The first-order valence-electron chi connectivity index (χ1n) is 7.19. The Bertz CT molecular complexity index is 1020. The van der Waals surface area contributed by atoms with Gasteiger partial charge in [0, 0.05) is 5.56 Å². The molecule has 0 aliphatic rings. The minimum absolute atomic E-state index is 0.0742. The fourth-order valence-corrected chi connectivity index (χ4v) is 2.25. The Morgan fingerprint density at radius 2 is 1.56 bits per heavy atom. The average molecular weight is 340 g/mol. The fourth-order valence-electron chi connectivity index (χ4n) is 2.25. The Morgan fingerprint density at radius 1 is 0.920 bits per heavy atom. The van der Waals surface area contributed by atoms with Gasteiger partial charge in [-0.2, -0.15) is 9.67 Å². The molecule has 0 aliphatic carbocycles. The fraction of sp³-hybridized carbons (Fsp3) is 0. The molecule has 0 unspecified atom stereocenters. The summed E-state index contributed by atoms with van der Waals surface area (Å²) in [5, 5.41) is 11.7. The molecule has 0 fully saturated rings. The maximum Gasteiger partial charge on any atom is 0.282 e. The van der Waals surface area contributed by atoms with Crippen LogP contribution in [-0.2, 0) is 0 Å². The molecular weight excluding hydrogens is 330 g/mol. The van der Waals surface area contributed by atoms with Crippen LogP contribution in [0.3, 0.4) is 0 Å². The molecule has 25 heavy (non-hydrogen) atoms. The molecule has 2 heterocycles. The maximum absolute atomic E-state index is 13.0. The van der Waals surface area contributed by atoms with Gasteiger partial charge in [-0.1, -0.05) is 10.4 Å². The Labute approximate surface area is 139 Å². The van der Waals surface area contributed by atoms with Crippen molar-refractivity contribution in [3.8, 4) is 28.7 Å². The lowest BCUT2D eigenvalue weighted by Crippen LogP contribution is -2.02. The first kappa shape index (κ1) is 14.9. The lowest BCUT2D eigenvalue weighted by Gasteiger charge is -2.01. The van der Waals surface area contributed by atoms with Crippen LogP contribution in [0.15, 0.2) is 53.1 Å². The normalized spacial score (nSPS) is 11.0. The van der Waals surface area contributed by atoms with Crippen molar-refractivity contribution in [3.63, 3.8) is 0 Å². The number of hydrogen-bond donors (Lipinski definition) is 1. The second-order valence-electron chi connectivity index (χ2n) is 5.14. The molecule has 0 amide bonds. The summed E-state index contributed by atoms with van der Waals surface area (Å²) in [5.74, 6) is -0.223. The topological polar surface area (TPSA) is 95.7 Å². The molecule has 0 saturated carbocycles. The van der Waals surface area contributed by atoms with Gasteiger partial charge in [0.2, 0.25) is 5.82 Å². The van der Waals surface area contributed by atoms with Crippen molar-refractivity contribution < 1.29 is 13.3 Å². The first-order valence-corrected chi connectivity index (χ1v) is 7.19. The van der Waals surface area contributed by atoms with Crippen molar-refractivity contribution in [1.82, 2.24) is 25.1 Å². The zero-order valence-electron chi connectivity index (χ0n) is 12.6. The van der Waals surface area contributed by atoms with E-state index in [0.717, 1.165) is 0 Å². The van der Waals surface area contributed by atoms with E-state index in [4.69, 9.17) is 10.3 Å². The molecule has 9 heteroatoms. The molecule has 0 atom stereocenters. The van der Waals surface area contributed by atoms with Crippen LogP contribution >= 0.6 is 0 Å². The van der Waals surface area contributed by atoms with Crippen LogP contribution in [0.25, 0.3) is 28.7 Å². The van der Waals surface area contributed by atoms with Gasteiger partial charge in [-0.25, -0.2) is 8.78 Å². The van der Waals surface area contributed by atoms with Gasteiger partial charge < -0.3 is 10.3 Å². The van der Waals surface area contributed by atoms with E-state index in [-0.39, 0.29) is 34.9 Å². The SMILES string of the molecule is Nc1c(-c2nc(-c3ccc(F)cc3)no2)nnn1-c1ccc(F)cc1. The van der Waals surface area contributed by atoms with E-state index in [1.54, 1.807) is 0 Å². The predicted molar refractivity (Wildman–Crippen MR) is 84.4 cm³/mol. The third-order valence-corrected chi connectivity index (χ3v) is 3.51. The van der Waals surface area contributed by atoms with Crippen molar-refractivity contribution in [2.24, 2.45) is 0 Å². The highest BCUT2D eigenvalue weighted by molar-refractivity contribution is 5.66. The van der Waals surface area contributed by atoms with Gasteiger partial charge in [0.1, 0.15) is 11.6 Å². The Balaban J connectivity index is 1.69. The van der Waals surface area contributed by atoms with Gasteiger partial charge >= 0.3 is 0 Å². The standard InChI is InChI=1S/C16H10F2N6O/c17-10-3-1-9(2-4-10)15-20-16(25-22-15)13-14(19)24(23-21-13)12-7-5-11(18)6-8-12/h1-8H,19H2. The minimum Gasteiger partial charge on any atom is -0.382 e. The van der Waals surface area contributed by atoms with E-state index in [1.165, 1.54) is 53.2 Å². The molecule has 2 N–H and O–H groups in total. The molecule has 0 spiro atoms. The maximum atomic E-state index is 13.0. The lowest BCUT2D eigenvalue weighted by molar-refractivity contribution is 0.431. The molecule has 0 radical (unpaired) electrons. The third kappa shape index (κ3) is 2.71. The zero-order chi connectivity index (χ0) is 17.4. The van der Waals surface area contributed by atoms with Crippen LogP contribution in [0, 0.1) is 11.6 Å². The molecule has 0 aliphatic heterocycles. The number of benzene rings is 2. The van der Waals surface area contributed by atoms with Crippen molar-refractivity contribution in [1.29, 1.82) is 0 Å². The summed E-state index contributed by atoms with van der Waals surface area (Å²) in [6.07, 6.45) is 0. The van der Waals surface area contributed by atoms with Gasteiger partial charge in [0.05, 0.1) is 5.69 Å². The molecule has 4 aromatic rings. The third-order valence-electron chi connectivity index (χ3n) is 3.51. The monoisotopic (exact) mass is 340 g/mol. The van der Waals surface area contributed by atoms with E-state index < -0.39 is 0 Å². The highest BCUT2D eigenvalue weighted by Gasteiger charge is 2.19. The second kappa shape index (κ2) is 5.78. The first-order chi connectivity index (χ1) is 12.1. The Morgan fingerprint density at radius 3 is 2.24 bits per heavy atom. The molecule has 2 aromatic carbocycles. The van der Waals surface area contributed by atoms with Crippen molar-refractivity contribution in [2.45, 2.75) is 0 Å². The van der Waals surface area contributed by atoms with Crippen LogP contribution in [0.5, 0.6) is 0 Å². The molecule has 124 valence electrons. The lowest BCUT2D eigenvalue weighted by atomic mass is 10.2. The smallest absolute Gasteiger partial charge is 0.282 e. The summed E-state index contributed by atoms with van der Waals surface area (Å²) in [7, 11) is 0. The Kier molecular flexibility index (Phi) is 3.46. The van der Waals surface area contributed by atoms with Crippen LogP contribution in [0.1, 0.15) is 0 Å². The molecular formula is C16H10F2N6O. The second-order valence-corrected chi connectivity index (χ2v) is 5.14. The summed E-state index contributed by atoms with van der Waals surface area (Å²) in [4.78, 5) is 4.21. The quantitative estimate of drug-likeness (QED) is 0.616. The van der Waals surface area contributed by atoms with E-state index in [2.05, 4.69) is 20.5 Å². The number of nitrogens with zero attached hydrogens (tertiary/aromatic N) is 5. The number of aromatic nitrogens is 5. The van der Waals surface area contributed by atoms with E-state index in [1.807, 2.05) is 0 Å². The van der Waals surface area contributed by atoms with Crippen LogP contribution in [0.4, 0.5) is 14.6 Å². The highest BCUT2D eigenvalue weighted by Crippen LogP contribution is 2.26. The van der Waals surface area contributed by atoms with Crippen molar-refractivity contribution >= 4 is 5.82 Å².